The number of fused-ring (bicyclic) bond motifs is 2. The third kappa shape index (κ3) is 0.938. The smallest absolute Gasteiger partial charge is 0.162 e. The maximum absolute atomic E-state index is 10.4. The highest BCUT2D eigenvalue weighted by Crippen LogP contribution is 2.64. The second kappa shape index (κ2) is 2.49. The zero-order chi connectivity index (χ0) is 10.6. The number of nitro groups is 1. The van der Waals surface area contributed by atoms with Crippen molar-refractivity contribution < 1.29 is 5.03 Å². The SMILES string of the molecule is CC12CCC(C=C1N[N+](=O)[O-])C2(C)C. The van der Waals surface area contributed by atoms with E-state index in [2.05, 4.69) is 26.2 Å². The van der Waals surface area contributed by atoms with Gasteiger partial charge in [-0.3, -0.25) is 0 Å². The average molecular weight is 196 g/mol. The lowest BCUT2D eigenvalue weighted by molar-refractivity contribution is -0.537. The van der Waals surface area contributed by atoms with Crippen molar-refractivity contribution in [2.24, 2.45) is 16.7 Å². The molecule has 2 aliphatic carbocycles. The molecule has 0 amide bonds. The van der Waals surface area contributed by atoms with Gasteiger partial charge < -0.3 is 0 Å². The summed E-state index contributed by atoms with van der Waals surface area (Å²) in [6.07, 6.45) is 4.26. The van der Waals surface area contributed by atoms with Gasteiger partial charge in [0.2, 0.25) is 0 Å². The van der Waals surface area contributed by atoms with Crippen LogP contribution in [0.4, 0.5) is 0 Å². The highest BCUT2D eigenvalue weighted by Gasteiger charge is 2.58. The Morgan fingerprint density at radius 1 is 1.57 bits per heavy atom. The minimum atomic E-state index is -0.451. The predicted molar refractivity (Wildman–Crippen MR) is 52.8 cm³/mol. The van der Waals surface area contributed by atoms with E-state index in [1.54, 1.807) is 0 Å². The molecule has 0 aromatic carbocycles. The number of allylic oxidation sites excluding steroid dienone is 2. The van der Waals surface area contributed by atoms with E-state index >= 15 is 0 Å². The van der Waals surface area contributed by atoms with Gasteiger partial charge in [-0.05, 0) is 24.2 Å². The van der Waals surface area contributed by atoms with Crippen LogP contribution in [0.25, 0.3) is 0 Å². The molecule has 0 aromatic heterocycles. The van der Waals surface area contributed by atoms with Crippen LogP contribution in [-0.4, -0.2) is 5.03 Å². The topological polar surface area (TPSA) is 55.2 Å². The van der Waals surface area contributed by atoms with Gasteiger partial charge in [0.25, 0.3) is 0 Å². The van der Waals surface area contributed by atoms with Crippen molar-refractivity contribution in [2.45, 2.75) is 33.6 Å². The first kappa shape index (κ1) is 9.49. The van der Waals surface area contributed by atoms with E-state index in [-0.39, 0.29) is 10.8 Å². The van der Waals surface area contributed by atoms with Crippen molar-refractivity contribution in [3.05, 3.63) is 21.9 Å². The van der Waals surface area contributed by atoms with Crippen molar-refractivity contribution >= 4 is 0 Å². The Morgan fingerprint density at radius 2 is 2.21 bits per heavy atom. The molecule has 1 N–H and O–H groups in total. The second-order valence-electron chi connectivity index (χ2n) is 5.15. The van der Waals surface area contributed by atoms with Crippen molar-refractivity contribution in [3.8, 4) is 0 Å². The van der Waals surface area contributed by atoms with Gasteiger partial charge in [0.05, 0.1) is 5.70 Å². The Hall–Kier alpha value is -1.06. The second-order valence-corrected chi connectivity index (χ2v) is 5.15. The highest BCUT2D eigenvalue weighted by atomic mass is 16.7. The lowest BCUT2D eigenvalue weighted by Crippen LogP contribution is -2.36. The third-order valence-electron chi connectivity index (χ3n) is 4.48. The first-order valence-corrected chi connectivity index (χ1v) is 5.01. The summed E-state index contributed by atoms with van der Waals surface area (Å²) >= 11 is 0. The number of hydrogen-bond acceptors (Lipinski definition) is 2. The highest BCUT2D eigenvalue weighted by molar-refractivity contribution is 5.29. The summed E-state index contributed by atoms with van der Waals surface area (Å²) < 4.78 is 0. The third-order valence-corrected chi connectivity index (χ3v) is 4.48. The lowest BCUT2D eigenvalue weighted by atomic mass is 9.69. The molecule has 1 fully saturated rings. The predicted octanol–water partition coefficient (Wildman–Crippen LogP) is 2.11. The Balaban J connectivity index is 2.32. The Bertz CT molecular complexity index is 322. The van der Waals surface area contributed by atoms with Crippen LogP contribution in [0.5, 0.6) is 0 Å². The summed E-state index contributed by atoms with van der Waals surface area (Å²) in [7, 11) is 0. The molecular formula is C10H16N2O2. The molecule has 2 atom stereocenters. The summed E-state index contributed by atoms with van der Waals surface area (Å²) in [6.45, 7) is 6.54. The molecule has 0 saturated heterocycles. The summed E-state index contributed by atoms with van der Waals surface area (Å²) in [5, 5.41) is 9.99. The van der Waals surface area contributed by atoms with Gasteiger partial charge >= 0.3 is 0 Å². The molecule has 0 radical (unpaired) electrons. The fourth-order valence-electron chi connectivity index (χ4n) is 2.95. The minimum Gasteiger partial charge on any atom is -0.235 e. The van der Waals surface area contributed by atoms with Crippen LogP contribution in [0.15, 0.2) is 11.8 Å². The van der Waals surface area contributed by atoms with Gasteiger partial charge in [0.1, 0.15) is 0 Å². The van der Waals surface area contributed by atoms with Crippen LogP contribution in [0.1, 0.15) is 33.6 Å². The fraction of sp³-hybridized carbons (Fsp3) is 0.800. The van der Waals surface area contributed by atoms with E-state index in [0.29, 0.717) is 5.92 Å². The molecule has 2 unspecified atom stereocenters. The molecule has 2 aliphatic rings. The molecule has 0 aromatic rings. The number of hydrazine groups is 1. The van der Waals surface area contributed by atoms with E-state index in [0.717, 1.165) is 18.5 Å². The van der Waals surface area contributed by atoms with Gasteiger partial charge in [0.15, 0.2) is 5.03 Å². The van der Waals surface area contributed by atoms with Crippen LogP contribution < -0.4 is 5.43 Å². The van der Waals surface area contributed by atoms with E-state index in [9.17, 15) is 10.1 Å². The molecule has 0 aliphatic heterocycles. The average Bonchev–Trinajstić information content (AvgIpc) is 2.35. The zero-order valence-corrected chi connectivity index (χ0v) is 8.83. The number of nitrogens with zero attached hydrogens (tertiary/aromatic N) is 1. The molecule has 0 heterocycles. The first-order chi connectivity index (χ1) is 6.38. The molecule has 2 bridgehead atoms. The maximum atomic E-state index is 10.4. The van der Waals surface area contributed by atoms with Crippen molar-refractivity contribution in [1.29, 1.82) is 0 Å². The van der Waals surface area contributed by atoms with Crippen molar-refractivity contribution in [3.63, 3.8) is 0 Å². The number of rotatable bonds is 2. The Labute approximate surface area is 83.5 Å². The summed E-state index contributed by atoms with van der Waals surface area (Å²) in [5.74, 6) is 0.495. The molecule has 14 heavy (non-hydrogen) atoms. The van der Waals surface area contributed by atoms with Crippen LogP contribution in [0.3, 0.4) is 0 Å². The normalized spacial score (nSPS) is 38.2. The standard InChI is InChI=1S/C10H16N2O2/c1-9(2)7-4-5-10(9,3)8(6-7)11-12(13)14/h6-7,11H,4-5H2,1-3H3. The molecule has 4 heteroatoms. The summed E-state index contributed by atoms with van der Waals surface area (Å²) in [5.41, 5.74) is 3.28. The van der Waals surface area contributed by atoms with Crippen molar-refractivity contribution in [1.82, 2.24) is 5.43 Å². The van der Waals surface area contributed by atoms with E-state index in [1.165, 1.54) is 0 Å². The fourth-order valence-corrected chi connectivity index (χ4v) is 2.95. The zero-order valence-electron chi connectivity index (χ0n) is 8.83. The molecular weight excluding hydrogens is 180 g/mol. The maximum Gasteiger partial charge on any atom is 0.162 e. The van der Waals surface area contributed by atoms with Crippen LogP contribution in [0, 0.1) is 26.9 Å². The first-order valence-electron chi connectivity index (χ1n) is 5.01. The molecule has 1 saturated carbocycles. The van der Waals surface area contributed by atoms with E-state index in [1.807, 2.05) is 6.08 Å². The quantitative estimate of drug-likeness (QED) is 0.543. The Morgan fingerprint density at radius 3 is 2.57 bits per heavy atom. The van der Waals surface area contributed by atoms with Crippen molar-refractivity contribution in [2.75, 3.05) is 0 Å². The molecule has 2 rings (SSSR count). The molecule has 4 nitrogen and oxygen atoms in total. The van der Waals surface area contributed by atoms with E-state index in [4.69, 9.17) is 0 Å². The van der Waals surface area contributed by atoms with Gasteiger partial charge in [-0.25, -0.2) is 10.1 Å². The van der Waals surface area contributed by atoms with Crippen LogP contribution >= 0.6 is 0 Å². The summed E-state index contributed by atoms with van der Waals surface area (Å²) in [6, 6.07) is 0. The van der Waals surface area contributed by atoms with Gasteiger partial charge in [-0.2, -0.15) is 0 Å². The molecule has 78 valence electrons. The van der Waals surface area contributed by atoms with Gasteiger partial charge in [0, 0.05) is 5.41 Å². The van der Waals surface area contributed by atoms with Crippen LogP contribution in [-0.2, 0) is 0 Å². The van der Waals surface area contributed by atoms with Crippen LogP contribution in [0.2, 0.25) is 0 Å². The lowest BCUT2D eigenvalue weighted by Gasteiger charge is -2.35. The van der Waals surface area contributed by atoms with Gasteiger partial charge in [-0.15, -0.1) is 5.43 Å². The van der Waals surface area contributed by atoms with Gasteiger partial charge in [-0.1, -0.05) is 26.8 Å². The molecule has 0 spiro atoms. The largest absolute Gasteiger partial charge is 0.235 e. The summed E-state index contributed by atoms with van der Waals surface area (Å²) in [4.78, 5) is 10.4. The monoisotopic (exact) mass is 196 g/mol. The minimum absolute atomic E-state index is 0.0370. The number of nitrogens with one attached hydrogen (secondary N) is 1. The van der Waals surface area contributed by atoms with E-state index < -0.39 is 5.03 Å². The number of hydrogen-bond donors (Lipinski definition) is 1. The Kier molecular flexibility index (Phi) is 1.69.